The highest BCUT2D eigenvalue weighted by atomic mass is 79.9. The molecule has 1 unspecified atom stereocenters. The average molecular weight is 328 g/mol. The summed E-state index contributed by atoms with van der Waals surface area (Å²) < 4.78 is 13.2. The Kier molecular flexibility index (Phi) is 4.79. The first kappa shape index (κ1) is 13.6. The van der Waals surface area contributed by atoms with E-state index in [9.17, 15) is 4.39 Å². The van der Waals surface area contributed by atoms with Crippen LogP contribution < -0.4 is 0 Å². The monoisotopic (exact) mass is 326 g/mol. The van der Waals surface area contributed by atoms with E-state index in [-0.39, 0.29) is 5.82 Å². The molecule has 0 radical (unpaired) electrons. The molecule has 0 amide bonds. The Hall–Kier alpha value is -0.860. The highest BCUT2D eigenvalue weighted by Gasteiger charge is 2.13. The van der Waals surface area contributed by atoms with Gasteiger partial charge in [-0.05, 0) is 41.7 Å². The van der Waals surface area contributed by atoms with Gasteiger partial charge in [-0.3, -0.25) is 0 Å². The Morgan fingerprint density at radius 3 is 2.50 bits per heavy atom. The fourth-order valence-electron chi connectivity index (χ4n) is 1.95. The highest BCUT2D eigenvalue weighted by molar-refractivity contribution is 9.09. The topological polar surface area (TPSA) is 0 Å². The molecule has 0 heterocycles. The van der Waals surface area contributed by atoms with E-state index in [4.69, 9.17) is 11.6 Å². The lowest BCUT2D eigenvalue weighted by atomic mass is 9.94. The molecule has 0 nitrogen and oxygen atoms in total. The quantitative estimate of drug-likeness (QED) is 0.677. The summed E-state index contributed by atoms with van der Waals surface area (Å²) in [5.41, 5.74) is 2.08. The summed E-state index contributed by atoms with van der Waals surface area (Å²) in [6.07, 6.45) is 0.728. The third-order valence-electron chi connectivity index (χ3n) is 2.93. The Morgan fingerprint density at radius 1 is 1.11 bits per heavy atom. The minimum atomic E-state index is -0.240. The number of hydrogen-bond acceptors (Lipinski definition) is 0. The predicted octanol–water partition coefficient (Wildman–Crippen LogP) is 5.20. The van der Waals surface area contributed by atoms with E-state index in [1.54, 1.807) is 6.07 Å². The molecule has 0 aromatic heterocycles. The van der Waals surface area contributed by atoms with Crippen LogP contribution in [0.4, 0.5) is 4.39 Å². The lowest BCUT2D eigenvalue weighted by Crippen LogP contribution is -2.05. The molecule has 0 bridgehead atoms. The van der Waals surface area contributed by atoms with E-state index in [0.717, 1.165) is 17.3 Å². The van der Waals surface area contributed by atoms with Gasteiger partial charge in [-0.15, -0.1) is 0 Å². The largest absolute Gasteiger partial charge is 0.207 e. The van der Waals surface area contributed by atoms with Crippen molar-refractivity contribution in [2.24, 2.45) is 0 Å². The second kappa shape index (κ2) is 6.35. The van der Waals surface area contributed by atoms with E-state index in [2.05, 4.69) is 28.1 Å². The Labute approximate surface area is 120 Å². The molecule has 0 aliphatic carbocycles. The van der Waals surface area contributed by atoms with Crippen LogP contribution in [0.3, 0.4) is 0 Å². The third kappa shape index (κ3) is 3.33. The number of benzene rings is 2. The van der Waals surface area contributed by atoms with Gasteiger partial charge in [0.1, 0.15) is 5.82 Å². The number of hydrogen-bond donors (Lipinski definition) is 0. The second-order valence-corrected chi connectivity index (χ2v) is 5.26. The van der Waals surface area contributed by atoms with Crippen LogP contribution in [0.25, 0.3) is 0 Å². The van der Waals surface area contributed by atoms with Gasteiger partial charge in [0.05, 0.1) is 0 Å². The molecule has 0 fully saturated rings. The average Bonchev–Trinajstić information content (AvgIpc) is 2.41. The molecule has 2 aromatic carbocycles. The van der Waals surface area contributed by atoms with Crippen LogP contribution >= 0.6 is 27.5 Å². The van der Waals surface area contributed by atoms with E-state index < -0.39 is 0 Å². The van der Waals surface area contributed by atoms with Crippen LogP contribution in [0.5, 0.6) is 0 Å². The molecular formula is C15H13BrClF. The standard InChI is InChI=1S/C15H13BrClF/c16-10-13(11-4-2-1-3-5-11)8-12-9-14(18)6-7-15(12)17/h1-7,9,13H,8,10H2. The van der Waals surface area contributed by atoms with Gasteiger partial charge in [-0.2, -0.15) is 0 Å². The van der Waals surface area contributed by atoms with Gasteiger partial charge in [0.25, 0.3) is 0 Å². The third-order valence-corrected chi connectivity index (χ3v) is 4.08. The number of rotatable bonds is 4. The van der Waals surface area contributed by atoms with Crippen molar-refractivity contribution in [3.63, 3.8) is 0 Å². The molecule has 0 aliphatic rings. The maximum absolute atomic E-state index is 13.2. The smallest absolute Gasteiger partial charge is 0.123 e. The van der Waals surface area contributed by atoms with Gasteiger partial charge in [-0.1, -0.05) is 57.9 Å². The second-order valence-electron chi connectivity index (χ2n) is 4.20. The van der Waals surface area contributed by atoms with Crippen LogP contribution in [0.1, 0.15) is 17.0 Å². The predicted molar refractivity (Wildman–Crippen MR) is 78.1 cm³/mol. The molecule has 1 atom stereocenters. The summed E-state index contributed by atoms with van der Waals surface area (Å²) >= 11 is 9.62. The van der Waals surface area contributed by atoms with Gasteiger partial charge in [-0.25, -0.2) is 4.39 Å². The molecule has 0 spiro atoms. The van der Waals surface area contributed by atoms with Crippen molar-refractivity contribution < 1.29 is 4.39 Å². The van der Waals surface area contributed by atoms with Crippen LogP contribution in [0.2, 0.25) is 5.02 Å². The van der Waals surface area contributed by atoms with Gasteiger partial charge in [0.2, 0.25) is 0 Å². The minimum absolute atomic E-state index is 0.240. The van der Waals surface area contributed by atoms with Crippen molar-refractivity contribution >= 4 is 27.5 Å². The van der Waals surface area contributed by atoms with Crippen molar-refractivity contribution in [3.05, 3.63) is 70.5 Å². The Bertz CT molecular complexity index is 513. The first-order valence-corrected chi connectivity index (χ1v) is 7.25. The maximum atomic E-state index is 13.2. The fourth-order valence-corrected chi connectivity index (χ4v) is 2.75. The lowest BCUT2D eigenvalue weighted by Gasteiger charge is -2.15. The summed E-state index contributed by atoms with van der Waals surface area (Å²) in [5.74, 6) is 0.0567. The van der Waals surface area contributed by atoms with Crippen molar-refractivity contribution in [3.8, 4) is 0 Å². The number of alkyl halides is 1. The zero-order chi connectivity index (χ0) is 13.0. The molecule has 3 heteroatoms. The highest BCUT2D eigenvalue weighted by Crippen LogP contribution is 2.27. The zero-order valence-electron chi connectivity index (χ0n) is 9.74. The normalized spacial score (nSPS) is 12.4. The van der Waals surface area contributed by atoms with Crippen LogP contribution in [-0.4, -0.2) is 5.33 Å². The van der Waals surface area contributed by atoms with E-state index >= 15 is 0 Å². The summed E-state index contributed by atoms with van der Waals surface area (Å²) in [6.45, 7) is 0. The molecule has 94 valence electrons. The summed E-state index contributed by atoms with van der Waals surface area (Å²) in [5, 5.41) is 1.45. The van der Waals surface area contributed by atoms with Gasteiger partial charge < -0.3 is 0 Å². The van der Waals surface area contributed by atoms with Gasteiger partial charge >= 0.3 is 0 Å². The molecular weight excluding hydrogens is 315 g/mol. The van der Waals surface area contributed by atoms with Crippen molar-refractivity contribution in [1.29, 1.82) is 0 Å². The fraction of sp³-hybridized carbons (Fsp3) is 0.200. The van der Waals surface area contributed by atoms with E-state index in [1.165, 1.54) is 17.7 Å². The maximum Gasteiger partial charge on any atom is 0.123 e. The zero-order valence-corrected chi connectivity index (χ0v) is 12.1. The van der Waals surface area contributed by atoms with Crippen LogP contribution in [0, 0.1) is 5.82 Å². The molecule has 0 aliphatic heterocycles. The van der Waals surface area contributed by atoms with Crippen LogP contribution in [0.15, 0.2) is 48.5 Å². The lowest BCUT2D eigenvalue weighted by molar-refractivity contribution is 0.623. The molecule has 0 saturated heterocycles. The Balaban J connectivity index is 2.23. The molecule has 0 N–H and O–H groups in total. The minimum Gasteiger partial charge on any atom is -0.207 e. The SMILES string of the molecule is Fc1ccc(Cl)c(CC(CBr)c2ccccc2)c1. The van der Waals surface area contributed by atoms with Crippen molar-refractivity contribution in [2.45, 2.75) is 12.3 Å². The Morgan fingerprint density at radius 2 is 1.83 bits per heavy atom. The van der Waals surface area contributed by atoms with Crippen LogP contribution in [-0.2, 0) is 6.42 Å². The van der Waals surface area contributed by atoms with Gasteiger partial charge in [0, 0.05) is 10.4 Å². The number of halogens is 3. The van der Waals surface area contributed by atoms with Crippen molar-refractivity contribution in [1.82, 2.24) is 0 Å². The summed E-state index contributed by atoms with van der Waals surface area (Å²) in [7, 11) is 0. The van der Waals surface area contributed by atoms with Crippen molar-refractivity contribution in [2.75, 3.05) is 5.33 Å². The van der Waals surface area contributed by atoms with Gasteiger partial charge in [0.15, 0.2) is 0 Å². The molecule has 18 heavy (non-hydrogen) atoms. The summed E-state index contributed by atoms with van der Waals surface area (Å²) in [4.78, 5) is 0. The molecule has 2 rings (SSSR count). The summed E-state index contributed by atoms with van der Waals surface area (Å²) in [6, 6.07) is 14.7. The first-order valence-electron chi connectivity index (χ1n) is 5.75. The molecule has 0 saturated carbocycles. The molecule has 2 aromatic rings. The first-order chi connectivity index (χ1) is 8.70. The van der Waals surface area contributed by atoms with E-state index in [1.807, 2.05) is 18.2 Å². The van der Waals surface area contributed by atoms with E-state index in [0.29, 0.717) is 10.9 Å².